The molecule has 24 heavy (non-hydrogen) atoms. The van der Waals surface area contributed by atoms with E-state index in [1.165, 1.54) is 15.3 Å². The summed E-state index contributed by atoms with van der Waals surface area (Å²) in [4.78, 5) is 8.38. The van der Waals surface area contributed by atoms with Crippen LogP contribution in [0.2, 0.25) is 0 Å². The molecule has 0 saturated carbocycles. The lowest BCUT2D eigenvalue weighted by atomic mass is 10.0. The van der Waals surface area contributed by atoms with E-state index in [1.807, 2.05) is 6.07 Å². The molecule has 0 radical (unpaired) electrons. The average molecular weight is 351 g/mol. The molecule has 130 valence electrons. The highest BCUT2D eigenvalue weighted by molar-refractivity contribution is 7.89. The summed E-state index contributed by atoms with van der Waals surface area (Å²) in [6.45, 7) is 3.36. The summed E-state index contributed by atoms with van der Waals surface area (Å²) in [5, 5.41) is 4.15. The SMILES string of the molecule is Cc1nn(C)cc1S(=O)(=O)N1CCOC[C@@H](Cc2ccncn2)C1. The normalized spacial score (nSPS) is 20.0. The third-order valence-electron chi connectivity index (χ3n) is 4.03. The van der Waals surface area contributed by atoms with Crippen molar-refractivity contribution in [2.45, 2.75) is 18.2 Å². The van der Waals surface area contributed by atoms with E-state index in [9.17, 15) is 8.42 Å². The average Bonchev–Trinajstić information content (AvgIpc) is 2.75. The number of rotatable bonds is 4. The van der Waals surface area contributed by atoms with Crippen LogP contribution in [-0.4, -0.2) is 58.8 Å². The number of aryl methyl sites for hydroxylation is 2. The van der Waals surface area contributed by atoms with Crippen molar-refractivity contribution in [2.24, 2.45) is 13.0 Å². The largest absolute Gasteiger partial charge is 0.380 e. The second kappa shape index (κ2) is 6.96. The summed E-state index contributed by atoms with van der Waals surface area (Å²) in [6, 6.07) is 1.84. The molecule has 1 atom stereocenters. The summed E-state index contributed by atoms with van der Waals surface area (Å²) in [5.74, 6) is 0.0501. The highest BCUT2D eigenvalue weighted by atomic mass is 32.2. The van der Waals surface area contributed by atoms with Crippen molar-refractivity contribution in [2.75, 3.05) is 26.3 Å². The van der Waals surface area contributed by atoms with E-state index >= 15 is 0 Å². The van der Waals surface area contributed by atoms with Crippen LogP contribution in [0.15, 0.2) is 29.7 Å². The van der Waals surface area contributed by atoms with E-state index < -0.39 is 10.0 Å². The standard InChI is InChI=1S/C15H21N5O3S/c1-12-15(9-19(2)18-12)24(21,22)20-5-6-23-10-13(8-20)7-14-3-4-16-11-17-14/h3-4,9,11,13H,5-8,10H2,1-2H3/t13-/m0/s1. The van der Waals surface area contributed by atoms with Crippen molar-refractivity contribution < 1.29 is 13.2 Å². The van der Waals surface area contributed by atoms with Gasteiger partial charge in [0.05, 0.1) is 18.9 Å². The number of ether oxygens (including phenoxy) is 1. The minimum absolute atomic E-state index is 0.0501. The van der Waals surface area contributed by atoms with E-state index in [2.05, 4.69) is 15.1 Å². The topological polar surface area (TPSA) is 90.2 Å². The number of aromatic nitrogens is 4. The van der Waals surface area contributed by atoms with Crippen LogP contribution in [0.5, 0.6) is 0 Å². The second-order valence-corrected chi connectivity index (χ2v) is 7.87. The molecule has 0 amide bonds. The fourth-order valence-electron chi connectivity index (χ4n) is 2.89. The first-order valence-corrected chi connectivity index (χ1v) is 9.24. The maximum Gasteiger partial charge on any atom is 0.246 e. The lowest BCUT2D eigenvalue weighted by Gasteiger charge is -2.22. The van der Waals surface area contributed by atoms with Gasteiger partial charge in [0.25, 0.3) is 0 Å². The van der Waals surface area contributed by atoms with E-state index in [0.717, 1.165) is 5.69 Å². The van der Waals surface area contributed by atoms with Crippen molar-refractivity contribution in [3.05, 3.63) is 36.2 Å². The molecular weight excluding hydrogens is 330 g/mol. The van der Waals surface area contributed by atoms with Gasteiger partial charge in [-0.05, 0) is 19.4 Å². The fraction of sp³-hybridized carbons (Fsp3) is 0.533. The molecule has 0 spiro atoms. The van der Waals surface area contributed by atoms with Gasteiger partial charge in [0.2, 0.25) is 10.0 Å². The molecular formula is C15H21N5O3S. The van der Waals surface area contributed by atoms with Crippen LogP contribution in [0.1, 0.15) is 11.4 Å². The van der Waals surface area contributed by atoms with E-state index in [1.54, 1.807) is 26.4 Å². The van der Waals surface area contributed by atoms with Gasteiger partial charge in [-0.15, -0.1) is 0 Å². The molecule has 1 aliphatic rings. The first-order chi connectivity index (χ1) is 11.5. The zero-order valence-electron chi connectivity index (χ0n) is 13.8. The number of nitrogens with zero attached hydrogens (tertiary/aromatic N) is 5. The smallest absolute Gasteiger partial charge is 0.246 e. The molecule has 1 aliphatic heterocycles. The Morgan fingerprint density at radius 2 is 2.25 bits per heavy atom. The number of sulfonamides is 1. The Balaban J connectivity index is 1.80. The Kier molecular flexibility index (Phi) is 4.93. The van der Waals surface area contributed by atoms with Crippen molar-refractivity contribution in [3.63, 3.8) is 0 Å². The molecule has 3 heterocycles. The molecule has 8 nitrogen and oxygen atoms in total. The Labute approximate surface area is 141 Å². The maximum atomic E-state index is 13.0. The minimum atomic E-state index is -3.58. The monoisotopic (exact) mass is 351 g/mol. The number of hydrogen-bond acceptors (Lipinski definition) is 6. The maximum absolute atomic E-state index is 13.0. The van der Waals surface area contributed by atoms with E-state index in [4.69, 9.17) is 4.74 Å². The summed E-state index contributed by atoms with van der Waals surface area (Å²) in [6.07, 6.45) is 5.39. The minimum Gasteiger partial charge on any atom is -0.380 e. The van der Waals surface area contributed by atoms with Crippen LogP contribution in [0.3, 0.4) is 0 Å². The van der Waals surface area contributed by atoms with Gasteiger partial charge >= 0.3 is 0 Å². The van der Waals surface area contributed by atoms with Gasteiger partial charge in [0.15, 0.2) is 0 Å². The van der Waals surface area contributed by atoms with Crippen molar-refractivity contribution in [3.8, 4) is 0 Å². The molecule has 1 saturated heterocycles. The summed E-state index contributed by atoms with van der Waals surface area (Å²) in [5.41, 5.74) is 1.39. The molecule has 0 N–H and O–H groups in total. The van der Waals surface area contributed by atoms with Gasteiger partial charge in [-0.25, -0.2) is 18.4 Å². The first-order valence-electron chi connectivity index (χ1n) is 7.80. The zero-order valence-corrected chi connectivity index (χ0v) is 14.6. The van der Waals surface area contributed by atoms with Crippen molar-refractivity contribution in [1.82, 2.24) is 24.1 Å². The van der Waals surface area contributed by atoms with Crippen LogP contribution in [0, 0.1) is 12.8 Å². The van der Waals surface area contributed by atoms with Gasteiger partial charge in [-0.3, -0.25) is 4.68 Å². The van der Waals surface area contributed by atoms with E-state index in [0.29, 0.717) is 38.4 Å². The van der Waals surface area contributed by atoms with Crippen LogP contribution in [0.4, 0.5) is 0 Å². The van der Waals surface area contributed by atoms with Crippen LogP contribution in [0.25, 0.3) is 0 Å². The van der Waals surface area contributed by atoms with Gasteiger partial charge in [0, 0.05) is 44.1 Å². The van der Waals surface area contributed by atoms with Crippen LogP contribution < -0.4 is 0 Å². The molecule has 3 rings (SSSR count). The second-order valence-electron chi connectivity index (χ2n) is 5.96. The molecule has 0 bridgehead atoms. The van der Waals surface area contributed by atoms with Crippen LogP contribution >= 0.6 is 0 Å². The van der Waals surface area contributed by atoms with Crippen LogP contribution in [-0.2, 0) is 28.2 Å². The quantitative estimate of drug-likeness (QED) is 0.792. The third-order valence-corrected chi connectivity index (χ3v) is 6.00. The third kappa shape index (κ3) is 3.63. The Bertz CT molecular complexity index is 791. The molecule has 2 aromatic rings. The fourth-order valence-corrected chi connectivity index (χ4v) is 4.59. The molecule has 1 fully saturated rings. The predicted octanol–water partition coefficient (Wildman–Crippen LogP) is 0.398. The lowest BCUT2D eigenvalue weighted by Crippen LogP contribution is -2.36. The summed E-state index contributed by atoms with van der Waals surface area (Å²) >= 11 is 0. The molecule has 9 heteroatoms. The van der Waals surface area contributed by atoms with Gasteiger partial charge < -0.3 is 4.74 Å². The molecule has 0 aliphatic carbocycles. The molecule has 0 aromatic carbocycles. The van der Waals surface area contributed by atoms with Gasteiger partial charge in [-0.2, -0.15) is 9.40 Å². The van der Waals surface area contributed by atoms with Gasteiger partial charge in [0.1, 0.15) is 11.2 Å². The van der Waals surface area contributed by atoms with E-state index in [-0.39, 0.29) is 10.8 Å². The Morgan fingerprint density at radius 1 is 1.42 bits per heavy atom. The predicted molar refractivity (Wildman–Crippen MR) is 86.7 cm³/mol. The van der Waals surface area contributed by atoms with Gasteiger partial charge in [-0.1, -0.05) is 0 Å². The molecule has 2 aromatic heterocycles. The van der Waals surface area contributed by atoms with Crippen molar-refractivity contribution >= 4 is 10.0 Å². The Morgan fingerprint density at radius 3 is 2.92 bits per heavy atom. The summed E-state index contributed by atoms with van der Waals surface area (Å²) in [7, 11) is -1.87. The number of hydrogen-bond donors (Lipinski definition) is 0. The highest BCUT2D eigenvalue weighted by Crippen LogP contribution is 2.22. The summed E-state index contributed by atoms with van der Waals surface area (Å²) < 4.78 is 34.6. The Hall–Kier alpha value is -1.84. The van der Waals surface area contributed by atoms with Crippen molar-refractivity contribution in [1.29, 1.82) is 0 Å². The lowest BCUT2D eigenvalue weighted by molar-refractivity contribution is 0.122. The highest BCUT2D eigenvalue weighted by Gasteiger charge is 2.31. The molecule has 0 unspecified atom stereocenters. The zero-order chi connectivity index (χ0) is 17.2. The first kappa shape index (κ1) is 17.0.